The molecule has 0 spiro atoms. The van der Waals surface area contributed by atoms with Crippen molar-refractivity contribution in [3.63, 3.8) is 0 Å². The van der Waals surface area contributed by atoms with Crippen molar-refractivity contribution in [1.82, 2.24) is 35.6 Å². The summed E-state index contributed by atoms with van der Waals surface area (Å²) in [4.78, 5) is 46.2. The molecule has 2 aliphatic heterocycles. The van der Waals surface area contributed by atoms with Gasteiger partial charge in [0.1, 0.15) is 5.65 Å². The number of carbonyl (C=O) groups is 2. The highest BCUT2D eigenvalue weighted by Crippen LogP contribution is 2.42. The molecule has 0 unspecified atom stereocenters. The molecule has 0 bridgehead atoms. The van der Waals surface area contributed by atoms with Crippen LogP contribution in [0.2, 0.25) is 10.0 Å². The van der Waals surface area contributed by atoms with E-state index in [2.05, 4.69) is 40.1 Å². The minimum absolute atomic E-state index is 0.00818. The molecule has 0 radical (unpaired) electrons. The van der Waals surface area contributed by atoms with Gasteiger partial charge in [-0.1, -0.05) is 79.5 Å². The van der Waals surface area contributed by atoms with E-state index in [0.29, 0.717) is 71.9 Å². The Balaban J connectivity index is 1.10. The molecular formula is C40H41Cl2N7O4. The maximum atomic E-state index is 13.4. The van der Waals surface area contributed by atoms with Gasteiger partial charge in [-0.15, -0.1) is 0 Å². The first-order valence-corrected chi connectivity index (χ1v) is 18.4. The zero-order valence-corrected chi connectivity index (χ0v) is 31.3. The standard InChI is InChI=1S/C40H41Cl2N7O4/c1-40(2)17-35(51)48-32(40)22-44-19-25-20-45-33-16-23(14-15-49(33)39(25)52)27-6-4-7-28(36(27)41)29-8-5-9-30(37(29)42)31-12-10-24(38(47-31)53-3)18-43-21-26-11-13-34(50)46-26/h4-10,12,14-16,20,26,32,43-44H,11,13,17-19,21-22H2,1-3H3,(H,46,50)(H,48,51)/t26-,32-/m0/s1. The number of halogens is 2. The number of ether oxygens (including phenoxy) is 1. The molecule has 274 valence electrons. The number of benzene rings is 2. The van der Waals surface area contributed by atoms with Crippen LogP contribution in [0.5, 0.6) is 5.88 Å². The average molecular weight is 755 g/mol. The van der Waals surface area contributed by atoms with Crippen LogP contribution in [-0.2, 0) is 22.7 Å². The Morgan fingerprint density at radius 2 is 1.57 bits per heavy atom. The van der Waals surface area contributed by atoms with Crippen molar-refractivity contribution in [2.24, 2.45) is 5.41 Å². The van der Waals surface area contributed by atoms with Gasteiger partial charge in [-0.3, -0.25) is 18.8 Å². The van der Waals surface area contributed by atoms with Crippen molar-refractivity contribution in [2.45, 2.75) is 58.3 Å². The van der Waals surface area contributed by atoms with E-state index in [1.807, 2.05) is 60.7 Å². The molecule has 4 N–H and O–H groups in total. The van der Waals surface area contributed by atoms with E-state index in [9.17, 15) is 14.4 Å². The van der Waals surface area contributed by atoms with E-state index in [-0.39, 0.29) is 34.9 Å². The Hall–Kier alpha value is -4.81. The monoisotopic (exact) mass is 753 g/mol. The second-order valence-electron chi connectivity index (χ2n) is 14.3. The van der Waals surface area contributed by atoms with Crippen molar-refractivity contribution in [3.8, 4) is 39.4 Å². The van der Waals surface area contributed by atoms with E-state index in [1.54, 1.807) is 19.5 Å². The molecule has 0 aliphatic carbocycles. The normalized spacial score (nSPS) is 18.0. The topological polar surface area (TPSA) is 139 Å². The molecule has 2 aliphatic rings. The van der Waals surface area contributed by atoms with Crippen LogP contribution in [0.25, 0.3) is 39.2 Å². The molecule has 2 amide bonds. The smallest absolute Gasteiger partial charge is 0.262 e. The van der Waals surface area contributed by atoms with Crippen LogP contribution in [0.15, 0.2) is 77.9 Å². The van der Waals surface area contributed by atoms with Crippen LogP contribution < -0.4 is 31.6 Å². The Morgan fingerprint density at radius 1 is 0.868 bits per heavy atom. The number of carbonyl (C=O) groups excluding carboxylic acids is 2. The van der Waals surface area contributed by atoms with Gasteiger partial charge in [-0.25, -0.2) is 9.97 Å². The largest absolute Gasteiger partial charge is 0.481 e. The van der Waals surface area contributed by atoms with Crippen molar-refractivity contribution in [2.75, 3.05) is 20.2 Å². The van der Waals surface area contributed by atoms with Gasteiger partial charge in [0.2, 0.25) is 17.7 Å². The van der Waals surface area contributed by atoms with Gasteiger partial charge in [-0.05, 0) is 35.6 Å². The molecular weight excluding hydrogens is 713 g/mol. The fourth-order valence-electron chi connectivity index (χ4n) is 7.10. The van der Waals surface area contributed by atoms with Gasteiger partial charge in [0, 0.05) is 96.9 Å². The lowest BCUT2D eigenvalue weighted by Crippen LogP contribution is -2.42. The van der Waals surface area contributed by atoms with Crippen LogP contribution in [0.3, 0.4) is 0 Å². The zero-order valence-electron chi connectivity index (χ0n) is 29.8. The summed E-state index contributed by atoms with van der Waals surface area (Å²) in [7, 11) is 1.59. The summed E-state index contributed by atoms with van der Waals surface area (Å²) in [5, 5.41) is 13.7. The summed E-state index contributed by atoms with van der Waals surface area (Å²) in [6.45, 7) is 6.22. The van der Waals surface area contributed by atoms with Crippen molar-refractivity contribution < 1.29 is 14.3 Å². The first kappa shape index (κ1) is 36.5. The minimum Gasteiger partial charge on any atom is -0.481 e. The molecule has 53 heavy (non-hydrogen) atoms. The number of nitrogens with zero attached hydrogens (tertiary/aromatic N) is 3. The lowest BCUT2D eigenvalue weighted by Gasteiger charge is -2.25. The summed E-state index contributed by atoms with van der Waals surface area (Å²) >= 11 is 14.2. The van der Waals surface area contributed by atoms with Crippen molar-refractivity contribution in [3.05, 3.63) is 105 Å². The molecule has 2 aromatic carbocycles. The fourth-order valence-corrected chi connectivity index (χ4v) is 7.76. The Bertz CT molecular complexity index is 2270. The number of nitrogens with one attached hydrogen (secondary N) is 4. The molecule has 5 heterocycles. The SMILES string of the molecule is COc1nc(-c2cccc(-c3cccc(-c4ccn5c(=O)c(CNC[C@@H]6NC(=O)CC6(C)C)cnc5c4)c3Cl)c2Cl)ccc1CNC[C@@H]1CCC(=O)N1. The van der Waals surface area contributed by atoms with E-state index in [4.69, 9.17) is 32.9 Å². The summed E-state index contributed by atoms with van der Waals surface area (Å²) in [6, 6.07) is 19.2. The molecule has 2 fully saturated rings. The molecule has 7 rings (SSSR count). The van der Waals surface area contributed by atoms with Gasteiger partial charge in [0.05, 0.1) is 22.8 Å². The first-order valence-electron chi connectivity index (χ1n) is 17.6. The second kappa shape index (κ2) is 15.3. The molecule has 0 saturated carbocycles. The molecule has 5 aromatic rings. The lowest BCUT2D eigenvalue weighted by atomic mass is 9.85. The Labute approximate surface area is 317 Å². The summed E-state index contributed by atoms with van der Waals surface area (Å²) in [5.74, 6) is 0.627. The van der Waals surface area contributed by atoms with E-state index in [0.717, 1.165) is 39.8 Å². The Morgan fingerprint density at radius 3 is 2.26 bits per heavy atom. The molecule has 13 heteroatoms. The third-order valence-electron chi connectivity index (χ3n) is 10.1. The average Bonchev–Trinajstić information content (AvgIpc) is 3.68. The summed E-state index contributed by atoms with van der Waals surface area (Å²) in [5.41, 5.74) is 6.03. The van der Waals surface area contributed by atoms with Gasteiger partial charge < -0.3 is 26.0 Å². The number of pyridine rings is 2. The number of rotatable bonds is 12. The Kier molecular flexibility index (Phi) is 10.5. The number of aromatic nitrogens is 3. The maximum absolute atomic E-state index is 13.4. The molecule has 2 saturated heterocycles. The van der Waals surface area contributed by atoms with E-state index >= 15 is 0 Å². The van der Waals surface area contributed by atoms with Gasteiger partial charge in [0.15, 0.2) is 0 Å². The lowest BCUT2D eigenvalue weighted by molar-refractivity contribution is -0.120. The number of fused-ring (bicyclic) bond motifs is 1. The predicted octanol–water partition coefficient (Wildman–Crippen LogP) is 5.78. The molecule has 3 aromatic heterocycles. The van der Waals surface area contributed by atoms with Crippen molar-refractivity contribution >= 4 is 40.7 Å². The van der Waals surface area contributed by atoms with Crippen LogP contribution in [0, 0.1) is 5.41 Å². The van der Waals surface area contributed by atoms with Gasteiger partial charge in [-0.2, -0.15) is 0 Å². The first-order chi connectivity index (χ1) is 25.5. The van der Waals surface area contributed by atoms with E-state index < -0.39 is 0 Å². The number of hydrogen-bond acceptors (Lipinski definition) is 8. The maximum Gasteiger partial charge on any atom is 0.262 e. The van der Waals surface area contributed by atoms with Gasteiger partial charge >= 0.3 is 0 Å². The third-order valence-corrected chi connectivity index (χ3v) is 11.0. The highest BCUT2D eigenvalue weighted by atomic mass is 35.5. The van der Waals surface area contributed by atoms with Crippen molar-refractivity contribution in [1.29, 1.82) is 0 Å². The number of methoxy groups -OCH3 is 1. The molecule has 11 nitrogen and oxygen atoms in total. The quantitative estimate of drug-likeness (QED) is 0.126. The van der Waals surface area contributed by atoms with E-state index in [1.165, 1.54) is 4.40 Å². The summed E-state index contributed by atoms with van der Waals surface area (Å²) in [6.07, 6.45) is 5.19. The molecule has 2 atom stereocenters. The highest BCUT2D eigenvalue weighted by molar-refractivity contribution is 6.39. The predicted molar refractivity (Wildman–Crippen MR) is 207 cm³/mol. The fraction of sp³-hybridized carbons (Fsp3) is 0.325. The van der Waals surface area contributed by atoms with Crippen LogP contribution in [0.4, 0.5) is 0 Å². The van der Waals surface area contributed by atoms with Gasteiger partial charge in [0.25, 0.3) is 5.56 Å². The van der Waals surface area contributed by atoms with Crippen LogP contribution in [0.1, 0.15) is 44.2 Å². The summed E-state index contributed by atoms with van der Waals surface area (Å²) < 4.78 is 7.17. The highest BCUT2D eigenvalue weighted by Gasteiger charge is 2.38. The minimum atomic E-state index is -0.166. The number of amides is 2. The number of hydrogen-bond donors (Lipinski definition) is 4. The van der Waals surface area contributed by atoms with Crippen LogP contribution in [-0.4, -0.2) is 58.5 Å². The second-order valence-corrected chi connectivity index (χ2v) is 15.0. The van der Waals surface area contributed by atoms with Crippen LogP contribution >= 0.6 is 23.2 Å². The third kappa shape index (κ3) is 7.66. The zero-order chi connectivity index (χ0) is 37.3.